The fraction of sp³-hybridized carbons (Fsp3) is 0. The van der Waals surface area contributed by atoms with Gasteiger partial charge in [-0.3, -0.25) is 10.1 Å². The molecule has 1 aromatic heterocycles. The van der Waals surface area contributed by atoms with E-state index in [0.29, 0.717) is 16.9 Å². The number of anilines is 1. The van der Waals surface area contributed by atoms with Crippen LogP contribution in [-0.2, 0) is 0 Å². The van der Waals surface area contributed by atoms with Gasteiger partial charge in [0.25, 0.3) is 5.69 Å². The van der Waals surface area contributed by atoms with Crippen LogP contribution in [0, 0.1) is 10.1 Å². The van der Waals surface area contributed by atoms with Crippen LogP contribution >= 0.6 is 0 Å². The Morgan fingerprint density at radius 3 is 2.67 bits per heavy atom. The maximum Gasteiger partial charge on any atom is 0.276 e. The fourth-order valence-corrected chi connectivity index (χ4v) is 1.45. The third kappa shape index (κ3) is 2.49. The molecule has 90 valence electrons. The van der Waals surface area contributed by atoms with Crippen molar-refractivity contribution in [1.29, 1.82) is 0 Å². The summed E-state index contributed by atoms with van der Waals surface area (Å²) in [6, 6.07) is 6.46. The highest BCUT2D eigenvalue weighted by Gasteiger charge is 2.09. The van der Waals surface area contributed by atoms with Crippen LogP contribution in [0.25, 0.3) is 12.2 Å². The van der Waals surface area contributed by atoms with E-state index < -0.39 is 4.92 Å². The fourth-order valence-electron chi connectivity index (χ4n) is 1.45. The topological polar surface area (TPSA) is 94.9 Å². The van der Waals surface area contributed by atoms with Crippen molar-refractivity contribution < 1.29 is 4.92 Å². The molecule has 0 radical (unpaired) electrons. The van der Waals surface area contributed by atoms with Crippen molar-refractivity contribution >= 4 is 23.7 Å². The molecule has 0 bridgehead atoms. The minimum Gasteiger partial charge on any atom is -0.383 e. The summed E-state index contributed by atoms with van der Waals surface area (Å²) in [5.74, 6) is 0.333. The molecule has 2 rings (SSSR count). The van der Waals surface area contributed by atoms with Crippen molar-refractivity contribution in [3.8, 4) is 0 Å². The number of nitrogens with zero attached hydrogens (tertiary/aromatic N) is 3. The van der Waals surface area contributed by atoms with Gasteiger partial charge in [0, 0.05) is 17.8 Å². The maximum atomic E-state index is 10.8. The molecule has 6 heteroatoms. The predicted molar refractivity (Wildman–Crippen MR) is 68.5 cm³/mol. The van der Waals surface area contributed by atoms with Gasteiger partial charge in [0.2, 0.25) is 0 Å². The molecule has 0 aliphatic rings. The van der Waals surface area contributed by atoms with Gasteiger partial charge in [0.05, 0.1) is 10.5 Å². The van der Waals surface area contributed by atoms with Crippen LogP contribution in [0.3, 0.4) is 0 Å². The van der Waals surface area contributed by atoms with Gasteiger partial charge in [-0.05, 0) is 18.2 Å². The van der Waals surface area contributed by atoms with E-state index in [-0.39, 0.29) is 5.69 Å². The number of hydrogen-bond donors (Lipinski definition) is 1. The molecule has 0 spiro atoms. The van der Waals surface area contributed by atoms with E-state index in [9.17, 15) is 10.1 Å². The molecule has 0 amide bonds. The van der Waals surface area contributed by atoms with Crippen LogP contribution in [0.15, 0.2) is 36.8 Å². The van der Waals surface area contributed by atoms with Crippen LogP contribution in [-0.4, -0.2) is 14.9 Å². The first-order valence-corrected chi connectivity index (χ1v) is 5.15. The van der Waals surface area contributed by atoms with Gasteiger partial charge in [-0.2, -0.15) is 0 Å². The Kier molecular flexibility index (Phi) is 3.29. The second-order valence-electron chi connectivity index (χ2n) is 3.51. The number of para-hydroxylation sites is 1. The summed E-state index contributed by atoms with van der Waals surface area (Å²) in [6.45, 7) is 0. The largest absolute Gasteiger partial charge is 0.383 e. The monoisotopic (exact) mass is 242 g/mol. The van der Waals surface area contributed by atoms with Gasteiger partial charge in [-0.15, -0.1) is 0 Å². The van der Waals surface area contributed by atoms with Crippen molar-refractivity contribution in [3.63, 3.8) is 0 Å². The Hall–Kier alpha value is -2.76. The highest BCUT2D eigenvalue weighted by molar-refractivity contribution is 5.76. The standard InChI is InChI=1S/C12H10N4O2/c13-12-10(7-14-8-15-12)6-5-9-3-1-2-4-11(9)16(17)18/h1-8H,(H2,13,14,15). The third-order valence-electron chi connectivity index (χ3n) is 2.35. The van der Waals surface area contributed by atoms with Gasteiger partial charge in [0.1, 0.15) is 12.1 Å². The van der Waals surface area contributed by atoms with Gasteiger partial charge in [-0.1, -0.05) is 12.1 Å². The van der Waals surface area contributed by atoms with Gasteiger partial charge in [-0.25, -0.2) is 9.97 Å². The first kappa shape index (κ1) is 11.7. The number of nitrogen functional groups attached to an aromatic ring is 1. The maximum absolute atomic E-state index is 10.8. The smallest absolute Gasteiger partial charge is 0.276 e. The molecule has 1 aromatic carbocycles. The zero-order valence-corrected chi connectivity index (χ0v) is 9.35. The van der Waals surface area contributed by atoms with E-state index in [4.69, 9.17) is 5.73 Å². The summed E-state index contributed by atoms with van der Waals surface area (Å²) in [6.07, 6.45) is 6.16. The summed E-state index contributed by atoms with van der Waals surface area (Å²) in [5.41, 5.74) is 6.82. The molecule has 1 heterocycles. The molecule has 0 saturated carbocycles. The second-order valence-corrected chi connectivity index (χ2v) is 3.51. The van der Waals surface area contributed by atoms with E-state index in [1.807, 2.05) is 0 Å². The third-order valence-corrected chi connectivity index (χ3v) is 2.35. The van der Waals surface area contributed by atoms with E-state index in [0.717, 1.165) is 0 Å². The zero-order chi connectivity index (χ0) is 13.0. The predicted octanol–water partition coefficient (Wildman–Crippen LogP) is 2.14. The summed E-state index contributed by atoms with van der Waals surface area (Å²) in [5, 5.41) is 10.8. The number of nitro benzene ring substituents is 1. The highest BCUT2D eigenvalue weighted by Crippen LogP contribution is 2.20. The summed E-state index contributed by atoms with van der Waals surface area (Å²) in [7, 11) is 0. The molecular formula is C12H10N4O2. The van der Waals surface area contributed by atoms with Crippen LogP contribution in [0.1, 0.15) is 11.1 Å². The molecule has 2 aromatic rings. The Morgan fingerprint density at radius 1 is 1.22 bits per heavy atom. The Morgan fingerprint density at radius 2 is 1.94 bits per heavy atom. The number of aromatic nitrogens is 2. The molecule has 2 N–H and O–H groups in total. The zero-order valence-electron chi connectivity index (χ0n) is 9.35. The van der Waals surface area contributed by atoms with Crippen LogP contribution in [0.2, 0.25) is 0 Å². The second kappa shape index (κ2) is 5.05. The summed E-state index contributed by atoms with van der Waals surface area (Å²) < 4.78 is 0. The van der Waals surface area contributed by atoms with Crippen LogP contribution in [0.5, 0.6) is 0 Å². The summed E-state index contributed by atoms with van der Waals surface area (Å²) in [4.78, 5) is 18.1. The minimum absolute atomic E-state index is 0.0455. The highest BCUT2D eigenvalue weighted by atomic mass is 16.6. The van der Waals surface area contributed by atoms with Gasteiger partial charge < -0.3 is 5.73 Å². The summed E-state index contributed by atoms with van der Waals surface area (Å²) >= 11 is 0. The molecule has 6 nitrogen and oxygen atoms in total. The van der Waals surface area contributed by atoms with Crippen molar-refractivity contribution in [2.45, 2.75) is 0 Å². The lowest BCUT2D eigenvalue weighted by molar-refractivity contribution is -0.385. The molecular weight excluding hydrogens is 232 g/mol. The van der Waals surface area contributed by atoms with Crippen LogP contribution in [0.4, 0.5) is 11.5 Å². The molecule has 0 atom stereocenters. The average Bonchev–Trinajstić information content (AvgIpc) is 2.38. The number of hydrogen-bond acceptors (Lipinski definition) is 5. The van der Waals surface area contributed by atoms with Crippen molar-refractivity contribution in [3.05, 3.63) is 58.0 Å². The first-order chi connectivity index (χ1) is 8.68. The number of rotatable bonds is 3. The molecule has 0 aliphatic carbocycles. The molecule has 0 fully saturated rings. The minimum atomic E-state index is -0.426. The van der Waals surface area contributed by atoms with Crippen molar-refractivity contribution in [2.75, 3.05) is 5.73 Å². The lowest BCUT2D eigenvalue weighted by Crippen LogP contribution is -1.94. The van der Waals surface area contributed by atoms with Gasteiger partial charge >= 0.3 is 0 Å². The molecule has 18 heavy (non-hydrogen) atoms. The lowest BCUT2D eigenvalue weighted by Gasteiger charge is -1.98. The number of benzene rings is 1. The lowest BCUT2D eigenvalue weighted by atomic mass is 10.1. The Bertz CT molecular complexity index is 611. The van der Waals surface area contributed by atoms with E-state index in [1.54, 1.807) is 36.5 Å². The van der Waals surface area contributed by atoms with Crippen molar-refractivity contribution in [1.82, 2.24) is 9.97 Å². The van der Waals surface area contributed by atoms with E-state index in [1.165, 1.54) is 12.4 Å². The SMILES string of the molecule is Nc1ncncc1C=Cc1ccccc1[N+](=O)[O-]. The Labute approximate surface area is 103 Å². The van der Waals surface area contributed by atoms with Gasteiger partial charge in [0.15, 0.2) is 0 Å². The van der Waals surface area contributed by atoms with E-state index >= 15 is 0 Å². The molecule has 0 unspecified atom stereocenters. The van der Waals surface area contributed by atoms with Crippen LogP contribution < -0.4 is 5.73 Å². The molecule has 0 saturated heterocycles. The number of nitrogens with two attached hydrogens (primary N) is 1. The van der Waals surface area contributed by atoms with E-state index in [2.05, 4.69) is 9.97 Å². The van der Waals surface area contributed by atoms with Crippen molar-refractivity contribution in [2.24, 2.45) is 0 Å². The first-order valence-electron chi connectivity index (χ1n) is 5.15. The quantitative estimate of drug-likeness (QED) is 0.657. The average molecular weight is 242 g/mol. The Balaban J connectivity index is 2.35. The normalized spacial score (nSPS) is 10.7. The molecule has 0 aliphatic heterocycles. The number of nitro groups is 1.